The van der Waals surface area contributed by atoms with Gasteiger partial charge in [0.2, 0.25) is 5.91 Å². The molecule has 5 nitrogen and oxygen atoms in total. The minimum Gasteiger partial charge on any atom is -0.333 e. The second-order valence-electron chi connectivity index (χ2n) is 5.74. The number of aromatic nitrogens is 2. The summed E-state index contributed by atoms with van der Waals surface area (Å²) in [5.41, 5.74) is 1.03. The van der Waals surface area contributed by atoms with E-state index in [0.717, 1.165) is 5.56 Å². The molecular weight excluding hydrogens is 353 g/mol. The second-order valence-corrected chi connectivity index (χ2v) is 7.77. The van der Waals surface area contributed by atoms with Crippen LogP contribution in [0.1, 0.15) is 17.2 Å². The van der Waals surface area contributed by atoms with Gasteiger partial charge >= 0.3 is 0 Å². The third-order valence-corrected chi connectivity index (χ3v) is 5.78. The van der Waals surface area contributed by atoms with Crippen LogP contribution in [0.5, 0.6) is 0 Å². The topological polar surface area (TPSA) is 55.2 Å². The molecule has 3 rings (SSSR count). The fraction of sp³-hybridized carbons (Fsp3) is 0.375. The molecule has 0 spiro atoms. The lowest BCUT2D eigenvalue weighted by molar-refractivity contribution is -0.132. The Morgan fingerprint density at radius 2 is 2.29 bits per heavy atom. The lowest BCUT2D eigenvalue weighted by Crippen LogP contribution is -2.45. The lowest BCUT2D eigenvalue weighted by Gasteiger charge is -2.35. The van der Waals surface area contributed by atoms with Gasteiger partial charge in [-0.15, -0.1) is 0 Å². The molecule has 0 aliphatic carbocycles. The Hall–Kier alpha value is -1.73. The van der Waals surface area contributed by atoms with E-state index in [4.69, 9.17) is 11.6 Å². The fourth-order valence-corrected chi connectivity index (χ4v) is 4.37. The Kier molecular flexibility index (Phi) is 5.01. The monoisotopic (exact) mass is 369 g/mol. The summed E-state index contributed by atoms with van der Waals surface area (Å²) in [6, 6.07) is 4.05. The van der Waals surface area contributed by atoms with Crippen LogP contribution in [-0.4, -0.2) is 42.8 Å². The van der Waals surface area contributed by atoms with Crippen molar-refractivity contribution in [3.8, 4) is 0 Å². The molecule has 0 unspecified atom stereocenters. The van der Waals surface area contributed by atoms with Gasteiger partial charge in [0.1, 0.15) is 5.82 Å². The summed E-state index contributed by atoms with van der Waals surface area (Å²) in [6.07, 6.45) is 3.36. The molecule has 1 saturated heterocycles. The van der Waals surface area contributed by atoms with Crippen LogP contribution in [0.4, 0.5) is 4.39 Å². The first-order valence-corrected chi connectivity index (χ1v) is 9.38. The minimum absolute atomic E-state index is 0.116. The van der Waals surface area contributed by atoms with Gasteiger partial charge in [0.15, 0.2) is 0 Å². The van der Waals surface area contributed by atoms with Crippen LogP contribution in [-0.2, 0) is 29.1 Å². The molecule has 2 aromatic rings. The predicted octanol–water partition coefficient (Wildman–Crippen LogP) is 2.09. The van der Waals surface area contributed by atoms with Gasteiger partial charge in [0.05, 0.1) is 18.7 Å². The smallest absolute Gasteiger partial charge is 0.227 e. The SMILES string of the molecule is Cn1cc([C@H]2C[S@@](=O)CCN2C(=O)Cc2c(F)cccc2Cl)cn1. The number of nitrogens with zero attached hydrogens (tertiary/aromatic N) is 3. The van der Waals surface area contributed by atoms with Gasteiger partial charge in [-0.2, -0.15) is 5.10 Å². The molecular formula is C16H17ClFN3O2S. The van der Waals surface area contributed by atoms with E-state index < -0.39 is 16.6 Å². The zero-order valence-corrected chi connectivity index (χ0v) is 14.7. The highest BCUT2D eigenvalue weighted by Gasteiger charge is 2.32. The van der Waals surface area contributed by atoms with Crippen LogP contribution in [0, 0.1) is 5.82 Å². The summed E-state index contributed by atoms with van der Waals surface area (Å²) in [4.78, 5) is 14.4. The first kappa shape index (κ1) is 17.1. The molecule has 0 N–H and O–H groups in total. The van der Waals surface area contributed by atoms with Gasteiger partial charge in [0.25, 0.3) is 0 Å². The number of halogens is 2. The number of rotatable bonds is 3. The highest BCUT2D eigenvalue weighted by molar-refractivity contribution is 7.85. The normalized spacial score (nSPS) is 21.0. The standard InChI is InChI=1S/C16H17ClFN3O2S/c1-20-9-11(8-19-20)15-10-24(23)6-5-21(15)16(22)7-12-13(17)3-2-4-14(12)18/h2-4,8-9,15H,5-7,10H2,1H3/t15-,24+/m1/s1. The van der Waals surface area contributed by atoms with Crippen molar-refractivity contribution in [1.29, 1.82) is 0 Å². The first-order chi connectivity index (χ1) is 11.5. The number of amides is 1. The summed E-state index contributed by atoms with van der Waals surface area (Å²) in [5.74, 6) is 0.0672. The van der Waals surface area contributed by atoms with E-state index in [-0.39, 0.29) is 29.0 Å². The van der Waals surface area contributed by atoms with Crippen LogP contribution in [0.15, 0.2) is 30.6 Å². The molecule has 24 heavy (non-hydrogen) atoms. The molecule has 1 aromatic heterocycles. The van der Waals surface area contributed by atoms with E-state index in [1.165, 1.54) is 12.1 Å². The average molecular weight is 370 g/mol. The maximum atomic E-state index is 13.9. The second kappa shape index (κ2) is 7.03. The van der Waals surface area contributed by atoms with Crippen molar-refractivity contribution in [1.82, 2.24) is 14.7 Å². The van der Waals surface area contributed by atoms with E-state index in [9.17, 15) is 13.4 Å². The summed E-state index contributed by atoms with van der Waals surface area (Å²) in [7, 11) is 0.801. The third-order valence-electron chi connectivity index (χ3n) is 4.10. The summed E-state index contributed by atoms with van der Waals surface area (Å²) in [6.45, 7) is 0.372. The molecule has 0 saturated carbocycles. The molecule has 0 bridgehead atoms. The minimum atomic E-state index is -0.985. The van der Waals surface area contributed by atoms with Crippen LogP contribution in [0.3, 0.4) is 0 Å². The molecule has 2 heterocycles. The van der Waals surface area contributed by atoms with Gasteiger partial charge in [-0.3, -0.25) is 13.7 Å². The van der Waals surface area contributed by atoms with Crippen molar-refractivity contribution >= 4 is 28.3 Å². The van der Waals surface area contributed by atoms with Gasteiger partial charge < -0.3 is 4.90 Å². The van der Waals surface area contributed by atoms with Crippen molar-refractivity contribution in [3.63, 3.8) is 0 Å². The molecule has 2 atom stereocenters. The highest BCUT2D eigenvalue weighted by Crippen LogP contribution is 2.27. The largest absolute Gasteiger partial charge is 0.333 e. The fourth-order valence-electron chi connectivity index (χ4n) is 2.85. The van der Waals surface area contributed by atoms with Gasteiger partial charge in [-0.1, -0.05) is 17.7 Å². The molecule has 1 amide bonds. The van der Waals surface area contributed by atoms with E-state index in [0.29, 0.717) is 18.1 Å². The van der Waals surface area contributed by atoms with E-state index >= 15 is 0 Å². The Morgan fingerprint density at radius 1 is 1.50 bits per heavy atom. The molecule has 1 aliphatic heterocycles. The Bertz CT molecular complexity index is 775. The first-order valence-electron chi connectivity index (χ1n) is 7.51. The van der Waals surface area contributed by atoms with Gasteiger partial charge in [0, 0.05) is 58.2 Å². The number of hydrogen-bond donors (Lipinski definition) is 0. The molecule has 8 heteroatoms. The number of benzene rings is 1. The average Bonchev–Trinajstić information content (AvgIpc) is 2.97. The van der Waals surface area contributed by atoms with Crippen LogP contribution in [0.25, 0.3) is 0 Å². The van der Waals surface area contributed by atoms with Gasteiger partial charge in [-0.05, 0) is 12.1 Å². The van der Waals surface area contributed by atoms with Crippen LogP contribution >= 0.6 is 11.6 Å². The van der Waals surface area contributed by atoms with E-state index in [2.05, 4.69) is 5.10 Å². The maximum absolute atomic E-state index is 13.9. The van der Waals surface area contributed by atoms with Crippen molar-refractivity contribution in [3.05, 3.63) is 52.6 Å². The summed E-state index contributed by atoms with van der Waals surface area (Å²) < 4.78 is 27.5. The van der Waals surface area contributed by atoms with Crippen molar-refractivity contribution in [2.24, 2.45) is 7.05 Å². The van der Waals surface area contributed by atoms with Gasteiger partial charge in [-0.25, -0.2) is 4.39 Å². The predicted molar refractivity (Wildman–Crippen MR) is 90.7 cm³/mol. The number of aryl methyl sites for hydroxylation is 1. The molecule has 0 radical (unpaired) electrons. The Morgan fingerprint density at radius 3 is 2.96 bits per heavy atom. The zero-order chi connectivity index (χ0) is 17.3. The van der Waals surface area contributed by atoms with Crippen molar-refractivity contribution < 1.29 is 13.4 Å². The number of carbonyl (C=O) groups is 1. The highest BCUT2D eigenvalue weighted by atomic mass is 35.5. The number of hydrogen-bond acceptors (Lipinski definition) is 3. The molecule has 1 aromatic carbocycles. The van der Waals surface area contributed by atoms with E-state index in [1.807, 2.05) is 6.20 Å². The van der Waals surface area contributed by atoms with Crippen molar-refractivity contribution in [2.75, 3.05) is 18.1 Å². The number of carbonyl (C=O) groups excluding carboxylic acids is 1. The Balaban J connectivity index is 1.85. The zero-order valence-electron chi connectivity index (χ0n) is 13.1. The molecule has 1 aliphatic rings. The maximum Gasteiger partial charge on any atom is 0.227 e. The van der Waals surface area contributed by atoms with Crippen LogP contribution < -0.4 is 0 Å². The van der Waals surface area contributed by atoms with E-state index in [1.54, 1.807) is 28.9 Å². The molecule has 128 valence electrons. The lowest BCUT2D eigenvalue weighted by atomic mass is 10.1. The third kappa shape index (κ3) is 3.52. The summed E-state index contributed by atoms with van der Waals surface area (Å²) in [5, 5.41) is 4.36. The summed E-state index contributed by atoms with van der Waals surface area (Å²) >= 11 is 6.02. The quantitative estimate of drug-likeness (QED) is 0.832. The molecule has 1 fully saturated rings. The Labute approximate surface area is 146 Å². The van der Waals surface area contributed by atoms with Crippen molar-refractivity contribution in [2.45, 2.75) is 12.5 Å². The van der Waals surface area contributed by atoms with Crippen LogP contribution in [0.2, 0.25) is 5.02 Å².